The Morgan fingerprint density at radius 2 is 1.90 bits per heavy atom. The summed E-state index contributed by atoms with van der Waals surface area (Å²) < 4.78 is 9.82. The molecule has 1 rings (SSSR count). The predicted molar refractivity (Wildman–Crippen MR) is 79.7 cm³/mol. The molecule has 0 aliphatic rings. The van der Waals surface area contributed by atoms with Crippen LogP contribution in [0.1, 0.15) is 23.1 Å². The molecule has 20 heavy (non-hydrogen) atoms. The molecule has 0 atom stereocenters. The van der Waals surface area contributed by atoms with E-state index in [-0.39, 0.29) is 5.97 Å². The Kier molecular flexibility index (Phi) is 7.26. The molecule has 1 aromatic rings. The molecular formula is C16H25NO3. The molecule has 0 saturated heterocycles. The highest BCUT2D eigenvalue weighted by atomic mass is 16.5. The molecule has 0 radical (unpaired) electrons. The van der Waals surface area contributed by atoms with Crippen molar-refractivity contribution < 1.29 is 14.3 Å². The number of hydrogen-bond acceptors (Lipinski definition) is 4. The summed E-state index contributed by atoms with van der Waals surface area (Å²) in [6.07, 6.45) is 0.408. The smallest absolute Gasteiger partial charge is 0.306 e. The van der Waals surface area contributed by atoms with Gasteiger partial charge in [-0.05, 0) is 30.5 Å². The third-order valence-electron chi connectivity index (χ3n) is 3.45. The van der Waals surface area contributed by atoms with Crippen molar-refractivity contribution >= 4 is 5.97 Å². The standard InChI is InChI=1S/C16H25NO3/c1-13-5-6-15(11-14(13)2)12-17(9-10-19-3)8-7-16(18)20-4/h5-6,11H,7-10,12H2,1-4H3. The van der Waals surface area contributed by atoms with Crippen molar-refractivity contribution in [2.24, 2.45) is 0 Å². The lowest BCUT2D eigenvalue weighted by molar-refractivity contribution is -0.141. The molecule has 0 heterocycles. The Bertz CT molecular complexity index is 432. The predicted octanol–water partition coefficient (Wildman–Crippen LogP) is 2.31. The summed E-state index contributed by atoms with van der Waals surface area (Å²) >= 11 is 0. The van der Waals surface area contributed by atoms with Gasteiger partial charge in [-0.3, -0.25) is 9.69 Å². The lowest BCUT2D eigenvalue weighted by atomic mass is 10.1. The van der Waals surface area contributed by atoms with E-state index >= 15 is 0 Å². The molecule has 112 valence electrons. The monoisotopic (exact) mass is 279 g/mol. The van der Waals surface area contributed by atoms with E-state index in [0.717, 1.165) is 13.1 Å². The number of ether oxygens (including phenoxy) is 2. The molecule has 0 bridgehead atoms. The fourth-order valence-electron chi connectivity index (χ4n) is 2.00. The van der Waals surface area contributed by atoms with E-state index in [1.165, 1.54) is 23.8 Å². The Balaban J connectivity index is 2.62. The summed E-state index contributed by atoms with van der Waals surface area (Å²) in [5.41, 5.74) is 3.85. The molecule has 4 heteroatoms. The van der Waals surface area contributed by atoms with Gasteiger partial charge in [0.25, 0.3) is 0 Å². The summed E-state index contributed by atoms with van der Waals surface area (Å²) in [5.74, 6) is -0.174. The van der Waals surface area contributed by atoms with Crippen LogP contribution in [0.4, 0.5) is 0 Å². The molecule has 0 N–H and O–H groups in total. The number of esters is 1. The van der Waals surface area contributed by atoms with Crippen molar-refractivity contribution in [1.29, 1.82) is 0 Å². The summed E-state index contributed by atoms with van der Waals surface area (Å²) in [7, 11) is 3.11. The van der Waals surface area contributed by atoms with Crippen molar-refractivity contribution in [2.75, 3.05) is 33.9 Å². The molecule has 0 aliphatic heterocycles. The molecule has 4 nitrogen and oxygen atoms in total. The first-order chi connectivity index (χ1) is 9.56. The second-order valence-corrected chi connectivity index (χ2v) is 5.01. The summed E-state index contributed by atoms with van der Waals surface area (Å²) in [6, 6.07) is 6.48. The van der Waals surface area contributed by atoms with E-state index in [1.807, 2.05) is 0 Å². The first kappa shape index (κ1) is 16.7. The van der Waals surface area contributed by atoms with Crippen LogP contribution >= 0.6 is 0 Å². The number of benzene rings is 1. The highest BCUT2D eigenvalue weighted by Gasteiger charge is 2.09. The topological polar surface area (TPSA) is 38.8 Å². The van der Waals surface area contributed by atoms with Crippen molar-refractivity contribution in [3.05, 3.63) is 34.9 Å². The van der Waals surface area contributed by atoms with Gasteiger partial charge in [0, 0.05) is 26.7 Å². The first-order valence-electron chi connectivity index (χ1n) is 6.91. The Morgan fingerprint density at radius 1 is 1.15 bits per heavy atom. The van der Waals surface area contributed by atoms with Gasteiger partial charge in [0.2, 0.25) is 0 Å². The average molecular weight is 279 g/mol. The molecule has 0 saturated carbocycles. The minimum absolute atomic E-state index is 0.174. The van der Waals surface area contributed by atoms with Crippen LogP contribution < -0.4 is 0 Å². The minimum Gasteiger partial charge on any atom is -0.469 e. The fraction of sp³-hybridized carbons (Fsp3) is 0.562. The van der Waals surface area contributed by atoms with E-state index in [2.05, 4.69) is 36.9 Å². The normalized spacial score (nSPS) is 10.8. The summed E-state index contributed by atoms with van der Waals surface area (Å²) in [4.78, 5) is 13.5. The Labute approximate surface area is 121 Å². The molecule has 0 aliphatic carbocycles. The zero-order valence-electron chi connectivity index (χ0n) is 12.9. The van der Waals surface area contributed by atoms with Crippen LogP contribution in [-0.4, -0.2) is 44.8 Å². The van der Waals surface area contributed by atoms with E-state index in [4.69, 9.17) is 9.47 Å². The number of methoxy groups -OCH3 is 2. The van der Waals surface area contributed by atoms with Crippen molar-refractivity contribution in [2.45, 2.75) is 26.8 Å². The Hall–Kier alpha value is -1.39. The van der Waals surface area contributed by atoms with Gasteiger partial charge in [-0.1, -0.05) is 18.2 Å². The third-order valence-corrected chi connectivity index (χ3v) is 3.45. The lowest BCUT2D eigenvalue weighted by Crippen LogP contribution is -2.29. The van der Waals surface area contributed by atoms with Gasteiger partial charge in [-0.15, -0.1) is 0 Å². The van der Waals surface area contributed by atoms with E-state index in [1.54, 1.807) is 7.11 Å². The first-order valence-corrected chi connectivity index (χ1v) is 6.91. The van der Waals surface area contributed by atoms with Gasteiger partial charge in [0.1, 0.15) is 0 Å². The number of aryl methyl sites for hydroxylation is 2. The number of carbonyl (C=O) groups is 1. The molecule has 0 unspecified atom stereocenters. The van der Waals surface area contributed by atoms with Gasteiger partial charge >= 0.3 is 5.97 Å². The fourth-order valence-corrected chi connectivity index (χ4v) is 2.00. The van der Waals surface area contributed by atoms with E-state index in [9.17, 15) is 4.79 Å². The number of nitrogens with zero attached hydrogens (tertiary/aromatic N) is 1. The molecule has 1 aromatic carbocycles. The van der Waals surface area contributed by atoms with Crippen LogP contribution in [0.15, 0.2) is 18.2 Å². The van der Waals surface area contributed by atoms with E-state index in [0.29, 0.717) is 19.6 Å². The van der Waals surface area contributed by atoms with Gasteiger partial charge in [-0.25, -0.2) is 0 Å². The molecule has 0 fully saturated rings. The van der Waals surface area contributed by atoms with Gasteiger partial charge in [0.05, 0.1) is 20.1 Å². The quantitative estimate of drug-likeness (QED) is 0.685. The summed E-state index contributed by atoms with van der Waals surface area (Å²) in [5, 5.41) is 0. The van der Waals surface area contributed by atoms with Crippen molar-refractivity contribution in [1.82, 2.24) is 4.90 Å². The molecule has 0 aromatic heterocycles. The summed E-state index contributed by atoms with van der Waals surface area (Å²) in [6.45, 7) is 7.20. The van der Waals surface area contributed by atoms with Gasteiger partial charge in [0.15, 0.2) is 0 Å². The van der Waals surface area contributed by atoms with Crippen LogP contribution in [0.25, 0.3) is 0 Å². The number of carbonyl (C=O) groups excluding carboxylic acids is 1. The number of hydrogen-bond donors (Lipinski definition) is 0. The van der Waals surface area contributed by atoms with Crippen LogP contribution in [0, 0.1) is 13.8 Å². The number of rotatable bonds is 8. The van der Waals surface area contributed by atoms with Crippen molar-refractivity contribution in [3.63, 3.8) is 0 Å². The molecule has 0 amide bonds. The minimum atomic E-state index is -0.174. The molecular weight excluding hydrogens is 254 g/mol. The maximum Gasteiger partial charge on any atom is 0.306 e. The van der Waals surface area contributed by atoms with Gasteiger partial charge < -0.3 is 9.47 Å². The molecule has 0 spiro atoms. The second kappa shape index (κ2) is 8.72. The van der Waals surface area contributed by atoms with Crippen LogP contribution in [0.3, 0.4) is 0 Å². The highest BCUT2D eigenvalue weighted by molar-refractivity contribution is 5.69. The average Bonchev–Trinajstić information content (AvgIpc) is 2.45. The second-order valence-electron chi connectivity index (χ2n) is 5.01. The maximum atomic E-state index is 11.3. The zero-order chi connectivity index (χ0) is 15.0. The van der Waals surface area contributed by atoms with Crippen LogP contribution in [-0.2, 0) is 20.8 Å². The highest BCUT2D eigenvalue weighted by Crippen LogP contribution is 2.12. The maximum absolute atomic E-state index is 11.3. The van der Waals surface area contributed by atoms with Gasteiger partial charge in [-0.2, -0.15) is 0 Å². The zero-order valence-corrected chi connectivity index (χ0v) is 12.9. The third kappa shape index (κ3) is 5.72. The largest absolute Gasteiger partial charge is 0.469 e. The van der Waals surface area contributed by atoms with Crippen LogP contribution in [0.5, 0.6) is 0 Å². The Morgan fingerprint density at radius 3 is 2.50 bits per heavy atom. The van der Waals surface area contributed by atoms with Crippen LogP contribution in [0.2, 0.25) is 0 Å². The van der Waals surface area contributed by atoms with Crippen molar-refractivity contribution in [3.8, 4) is 0 Å². The SMILES string of the molecule is COCCN(CCC(=O)OC)Cc1ccc(C)c(C)c1. The lowest BCUT2D eigenvalue weighted by Gasteiger charge is -2.22. The van der Waals surface area contributed by atoms with E-state index < -0.39 is 0 Å².